The molecule has 2 heterocycles. The molecule has 2 aromatic carbocycles. The maximum atomic E-state index is 14.2. The van der Waals surface area contributed by atoms with Crippen molar-refractivity contribution in [3.05, 3.63) is 58.5 Å². The lowest BCUT2D eigenvalue weighted by Crippen LogP contribution is -2.51. The number of urea groups is 1. The van der Waals surface area contributed by atoms with Crippen LogP contribution in [0.5, 0.6) is 0 Å². The molecule has 1 atom stereocenters. The minimum absolute atomic E-state index is 0.0531. The van der Waals surface area contributed by atoms with E-state index in [0.717, 1.165) is 12.8 Å². The molecular formula is C33H40ClFN8O6. The van der Waals surface area contributed by atoms with Gasteiger partial charge in [0.15, 0.2) is 5.69 Å². The summed E-state index contributed by atoms with van der Waals surface area (Å²) in [7, 11) is 0. The van der Waals surface area contributed by atoms with Gasteiger partial charge in [-0.05, 0) is 70.7 Å². The van der Waals surface area contributed by atoms with Crippen molar-refractivity contribution in [3.63, 3.8) is 0 Å². The minimum Gasteiger partial charge on any atom is -0.444 e. The zero-order chi connectivity index (χ0) is 35.5. The molecule has 49 heavy (non-hydrogen) atoms. The number of rotatable bonds is 10. The Morgan fingerprint density at radius 3 is 2.57 bits per heavy atom. The molecule has 1 aliphatic carbocycles. The SMILES string of the molecule is CC(C)(C)OC(=O)N[C@@H]1CCCN(C(=O)Nc2ccc3c(c2)c(C(N)=O)nn3CC(=O)N(CC(=O)NCc2cccc(Cl)c2F)C2CC2)C1. The van der Waals surface area contributed by atoms with Gasteiger partial charge in [-0.1, -0.05) is 23.7 Å². The van der Waals surface area contributed by atoms with Gasteiger partial charge in [-0.15, -0.1) is 0 Å². The number of primary amides is 1. The Labute approximate surface area is 287 Å². The van der Waals surface area contributed by atoms with Gasteiger partial charge in [0.1, 0.15) is 18.0 Å². The van der Waals surface area contributed by atoms with Gasteiger partial charge in [-0.25, -0.2) is 14.0 Å². The lowest BCUT2D eigenvalue weighted by molar-refractivity contribution is -0.137. The normalized spacial score (nSPS) is 16.2. The highest BCUT2D eigenvalue weighted by molar-refractivity contribution is 6.30. The van der Waals surface area contributed by atoms with E-state index in [9.17, 15) is 28.4 Å². The summed E-state index contributed by atoms with van der Waals surface area (Å²) in [6.07, 6.45) is 2.28. The van der Waals surface area contributed by atoms with E-state index in [2.05, 4.69) is 21.0 Å². The first-order chi connectivity index (χ1) is 23.2. The highest BCUT2D eigenvalue weighted by atomic mass is 35.5. The molecule has 262 valence electrons. The van der Waals surface area contributed by atoms with Gasteiger partial charge in [-0.2, -0.15) is 5.10 Å². The van der Waals surface area contributed by atoms with Crippen LogP contribution in [0, 0.1) is 5.82 Å². The number of piperidine rings is 1. The van der Waals surface area contributed by atoms with Crippen LogP contribution in [0.15, 0.2) is 36.4 Å². The number of nitrogens with two attached hydrogens (primary N) is 1. The average molecular weight is 699 g/mol. The smallest absolute Gasteiger partial charge is 0.407 e. The Bertz CT molecular complexity index is 1770. The number of nitrogens with zero attached hydrogens (tertiary/aromatic N) is 4. The predicted octanol–water partition coefficient (Wildman–Crippen LogP) is 3.76. The van der Waals surface area contributed by atoms with Gasteiger partial charge < -0.3 is 36.2 Å². The highest BCUT2D eigenvalue weighted by Crippen LogP contribution is 2.28. The molecule has 2 fully saturated rings. The van der Waals surface area contributed by atoms with E-state index in [0.29, 0.717) is 36.0 Å². The van der Waals surface area contributed by atoms with E-state index < -0.39 is 41.3 Å². The number of nitrogens with one attached hydrogen (secondary N) is 3. The van der Waals surface area contributed by atoms with Crippen molar-refractivity contribution in [1.29, 1.82) is 0 Å². The number of benzene rings is 2. The summed E-state index contributed by atoms with van der Waals surface area (Å²) in [5.74, 6) is -2.31. The van der Waals surface area contributed by atoms with Crippen molar-refractivity contribution in [2.24, 2.45) is 5.73 Å². The molecule has 0 radical (unpaired) electrons. The van der Waals surface area contributed by atoms with Crippen molar-refractivity contribution < 1.29 is 33.1 Å². The number of carbonyl (C=O) groups excluding carboxylic acids is 5. The predicted molar refractivity (Wildman–Crippen MR) is 179 cm³/mol. The summed E-state index contributed by atoms with van der Waals surface area (Å²) >= 11 is 5.83. The van der Waals surface area contributed by atoms with Crippen molar-refractivity contribution in [3.8, 4) is 0 Å². The van der Waals surface area contributed by atoms with Crippen LogP contribution < -0.4 is 21.7 Å². The standard InChI is InChI=1S/C33H40ClFN8O6/c1-33(2,3)49-32(48)39-21-7-5-13-41(16-21)31(47)38-20-9-12-25-23(14-20)29(30(36)46)40-43(25)18-27(45)42(22-10-11-22)17-26(44)37-15-19-6-4-8-24(34)28(19)35/h4,6,8-9,12,14,21-22H,5,7,10-11,13,15-18H2,1-3H3,(H2,36,46)(H,37,44)(H,38,47)(H,39,48)/t21-/m1/s1. The van der Waals surface area contributed by atoms with E-state index in [1.165, 1.54) is 21.7 Å². The van der Waals surface area contributed by atoms with Crippen molar-refractivity contribution in [2.45, 2.75) is 77.2 Å². The third-order valence-corrected chi connectivity index (χ3v) is 8.37. The van der Waals surface area contributed by atoms with Gasteiger partial charge in [0, 0.05) is 48.4 Å². The second-order valence-corrected chi connectivity index (χ2v) is 13.6. The molecule has 3 aromatic rings. The van der Waals surface area contributed by atoms with Crippen LogP contribution in [0.4, 0.5) is 19.7 Å². The first-order valence-electron chi connectivity index (χ1n) is 16.0. The molecule has 16 heteroatoms. The number of anilines is 1. The summed E-state index contributed by atoms with van der Waals surface area (Å²) in [6.45, 7) is 5.48. The van der Waals surface area contributed by atoms with E-state index in [1.807, 2.05) is 0 Å². The molecule has 0 unspecified atom stereocenters. The van der Waals surface area contributed by atoms with Crippen LogP contribution in [0.3, 0.4) is 0 Å². The fraction of sp³-hybridized carbons (Fsp3) is 0.455. The summed E-state index contributed by atoms with van der Waals surface area (Å²) in [5, 5.41) is 12.9. The number of halogens is 2. The zero-order valence-electron chi connectivity index (χ0n) is 27.6. The fourth-order valence-corrected chi connectivity index (χ4v) is 5.83. The molecule has 6 amide bonds. The minimum atomic E-state index is -0.821. The van der Waals surface area contributed by atoms with E-state index in [1.54, 1.807) is 49.9 Å². The van der Waals surface area contributed by atoms with Crippen molar-refractivity contribution >= 4 is 58.0 Å². The molecule has 5 rings (SSSR count). The summed E-state index contributed by atoms with van der Waals surface area (Å²) < 4.78 is 20.9. The van der Waals surface area contributed by atoms with Crippen LogP contribution in [0.2, 0.25) is 5.02 Å². The zero-order valence-corrected chi connectivity index (χ0v) is 28.3. The topological polar surface area (TPSA) is 181 Å². The number of likely N-dealkylation sites (tertiary alicyclic amines) is 1. The first kappa shape index (κ1) is 35.4. The van der Waals surface area contributed by atoms with E-state index in [-0.39, 0.29) is 54.5 Å². The second-order valence-electron chi connectivity index (χ2n) is 13.2. The van der Waals surface area contributed by atoms with Crippen LogP contribution in [0.1, 0.15) is 62.5 Å². The van der Waals surface area contributed by atoms with Crippen LogP contribution in [0.25, 0.3) is 10.9 Å². The largest absolute Gasteiger partial charge is 0.444 e. The lowest BCUT2D eigenvalue weighted by atomic mass is 10.1. The van der Waals surface area contributed by atoms with Crippen LogP contribution in [-0.2, 0) is 27.4 Å². The number of carbonyl (C=O) groups is 5. The number of aromatic nitrogens is 2. The molecule has 1 saturated heterocycles. The van der Waals surface area contributed by atoms with E-state index >= 15 is 0 Å². The number of amides is 6. The first-order valence-corrected chi connectivity index (χ1v) is 16.4. The quantitative estimate of drug-likeness (QED) is 0.249. The molecule has 1 aliphatic heterocycles. The molecule has 14 nitrogen and oxygen atoms in total. The summed E-state index contributed by atoms with van der Waals surface area (Å²) in [6, 6.07) is 8.50. The van der Waals surface area contributed by atoms with E-state index in [4.69, 9.17) is 22.1 Å². The molecule has 2 aliphatic rings. The Morgan fingerprint density at radius 1 is 1.12 bits per heavy atom. The van der Waals surface area contributed by atoms with Gasteiger partial charge in [0.05, 0.1) is 17.1 Å². The van der Waals surface area contributed by atoms with Gasteiger partial charge in [0.2, 0.25) is 11.8 Å². The molecule has 1 saturated carbocycles. The maximum absolute atomic E-state index is 14.2. The van der Waals surface area contributed by atoms with Gasteiger partial charge in [-0.3, -0.25) is 19.1 Å². The molecule has 5 N–H and O–H groups in total. The Balaban J connectivity index is 1.24. The van der Waals surface area contributed by atoms with Crippen LogP contribution in [-0.4, -0.2) is 86.7 Å². The highest BCUT2D eigenvalue weighted by Gasteiger charge is 2.34. The molecule has 0 bridgehead atoms. The number of ether oxygens (including phenoxy) is 1. The van der Waals surface area contributed by atoms with Gasteiger partial charge in [0.25, 0.3) is 5.91 Å². The number of hydrogen-bond acceptors (Lipinski definition) is 7. The third kappa shape index (κ3) is 9.16. The number of hydrogen-bond donors (Lipinski definition) is 4. The average Bonchev–Trinajstić information content (AvgIpc) is 3.81. The third-order valence-electron chi connectivity index (χ3n) is 8.08. The Morgan fingerprint density at radius 2 is 1.88 bits per heavy atom. The summed E-state index contributed by atoms with van der Waals surface area (Å²) in [5.41, 5.74) is 5.93. The van der Waals surface area contributed by atoms with Gasteiger partial charge >= 0.3 is 12.1 Å². The second kappa shape index (κ2) is 14.7. The number of alkyl carbamates (subject to hydrolysis) is 1. The lowest BCUT2D eigenvalue weighted by Gasteiger charge is -2.33. The van der Waals surface area contributed by atoms with Crippen molar-refractivity contribution in [2.75, 3.05) is 25.0 Å². The summed E-state index contributed by atoms with van der Waals surface area (Å²) in [4.78, 5) is 67.0. The molecule has 0 spiro atoms. The Hall–Kier alpha value is -4.92. The molecule has 1 aromatic heterocycles. The van der Waals surface area contributed by atoms with Crippen molar-refractivity contribution in [1.82, 2.24) is 30.2 Å². The number of fused-ring (bicyclic) bond motifs is 1. The molecular weight excluding hydrogens is 659 g/mol. The maximum Gasteiger partial charge on any atom is 0.407 e. The van der Waals surface area contributed by atoms with Crippen LogP contribution >= 0.6 is 11.6 Å². The Kier molecular flexibility index (Phi) is 10.6. The monoisotopic (exact) mass is 698 g/mol. The fourth-order valence-electron chi connectivity index (χ4n) is 5.63.